The normalized spacial score (nSPS) is 12.5. The number of rotatable bonds is 4. The van der Waals surface area contributed by atoms with Gasteiger partial charge in [0.2, 0.25) is 0 Å². The Hall–Kier alpha value is -1.26. The number of aryl methyl sites for hydroxylation is 2. The molecule has 112 valence electrons. The average Bonchev–Trinajstić information content (AvgIpc) is 2.44. The summed E-state index contributed by atoms with van der Waals surface area (Å²) in [5, 5.41) is 3.27. The predicted octanol–water partition coefficient (Wildman–Crippen LogP) is 5.04. The first-order chi connectivity index (χ1) is 9.93. The van der Waals surface area contributed by atoms with E-state index in [2.05, 4.69) is 21.2 Å². The number of hydrogen-bond donors (Lipinski definition) is 1. The molecule has 0 aliphatic heterocycles. The van der Waals surface area contributed by atoms with Crippen LogP contribution in [0, 0.1) is 25.5 Å². The molecule has 0 aliphatic carbocycles. The lowest BCUT2D eigenvalue weighted by atomic mass is 9.96. The van der Waals surface area contributed by atoms with Crippen molar-refractivity contribution >= 4 is 15.9 Å². The highest BCUT2D eigenvalue weighted by molar-refractivity contribution is 9.10. The lowest BCUT2D eigenvalue weighted by molar-refractivity contribution is 0.537. The maximum atomic E-state index is 14.2. The van der Waals surface area contributed by atoms with Crippen molar-refractivity contribution in [3.8, 4) is 0 Å². The SMILES string of the molecule is CCNC(c1ccc(C)c(Br)c1)c1cc(C)c(F)cc1F. The molecule has 0 heterocycles. The van der Waals surface area contributed by atoms with Crippen molar-refractivity contribution in [3.05, 3.63) is 68.7 Å². The van der Waals surface area contributed by atoms with Crippen LogP contribution in [0.15, 0.2) is 34.8 Å². The molecule has 21 heavy (non-hydrogen) atoms. The molecule has 0 aliphatic rings. The first kappa shape index (κ1) is 16.1. The predicted molar refractivity (Wildman–Crippen MR) is 85.5 cm³/mol. The lowest BCUT2D eigenvalue weighted by Crippen LogP contribution is -2.23. The van der Waals surface area contributed by atoms with E-state index in [1.54, 1.807) is 13.0 Å². The minimum absolute atomic E-state index is 0.300. The van der Waals surface area contributed by atoms with Crippen molar-refractivity contribution in [2.75, 3.05) is 6.54 Å². The van der Waals surface area contributed by atoms with Gasteiger partial charge in [-0.15, -0.1) is 0 Å². The van der Waals surface area contributed by atoms with Gasteiger partial charge in [0.05, 0.1) is 6.04 Å². The molecular weight excluding hydrogens is 336 g/mol. The van der Waals surface area contributed by atoms with Crippen LogP contribution < -0.4 is 5.32 Å². The van der Waals surface area contributed by atoms with Crippen LogP contribution in [0.25, 0.3) is 0 Å². The Balaban J connectivity index is 2.52. The Morgan fingerprint density at radius 3 is 2.38 bits per heavy atom. The highest BCUT2D eigenvalue weighted by atomic mass is 79.9. The average molecular weight is 354 g/mol. The van der Waals surface area contributed by atoms with Gasteiger partial charge in [0.1, 0.15) is 11.6 Å². The van der Waals surface area contributed by atoms with Crippen LogP contribution in [0.2, 0.25) is 0 Å². The van der Waals surface area contributed by atoms with Crippen molar-refractivity contribution < 1.29 is 8.78 Å². The summed E-state index contributed by atoms with van der Waals surface area (Å²) < 4.78 is 28.6. The second kappa shape index (κ2) is 6.67. The Morgan fingerprint density at radius 2 is 1.76 bits per heavy atom. The van der Waals surface area contributed by atoms with E-state index < -0.39 is 11.6 Å². The zero-order valence-corrected chi connectivity index (χ0v) is 13.9. The summed E-state index contributed by atoms with van der Waals surface area (Å²) in [4.78, 5) is 0. The fourth-order valence-electron chi connectivity index (χ4n) is 2.30. The summed E-state index contributed by atoms with van der Waals surface area (Å²) in [6, 6.07) is 8.15. The zero-order valence-electron chi connectivity index (χ0n) is 12.3. The molecule has 0 radical (unpaired) electrons. The van der Waals surface area contributed by atoms with E-state index in [4.69, 9.17) is 0 Å². The van der Waals surface area contributed by atoms with Gasteiger partial charge in [0.25, 0.3) is 0 Å². The van der Waals surface area contributed by atoms with E-state index in [1.807, 2.05) is 32.0 Å². The maximum absolute atomic E-state index is 14.2. The van der Waals surface area contributed by atoms with Crippen LogP contribution in [0.5, 0.6) is 0 Å². The van der Waals surface area contributed by atoms with Crippen molar-refractivity contribution in [3.63, 3.8) is 0 Å². The van der Waals surface area contributed by atoms with E-state index in [1.165, 1.54) is 0 Å². The van der Waals surface area contributed by atoms with Crippen LogP contribution in [0.4, 0.5) is 8.78 Å². The third-order valence-electron chi connectivity index (χ3n) is 3.53. The van der Waals surface area contributed by atoms with Crippen LogP contribution in [-0.2, 0) is 0 Å². The Bertz CT molecular complexity index is 655. The van der Waals surface area contributed by atoms with Gasteiger partial charge in [-0.1, -0.05) is 35.0 Å². The summed E-state index contributed by atoms with van der Waals surface area (Å²) in [5.41, 5.74) is 2.97. The fraction of sp³-hybridized carbons (Fsp3) is 0.294. The quantitative estimate of drug-likeness (QED) is 0.811. The molecule has 1 N–H and O–H groups in total. The van der Waals surface area contributed by atoms with Gasteiger partial charge in [-0.05, 0) is 49.2 Å². The molecular formula is C17H18BrF2N. The molecule has 0 fully saturated rings. The molecule has 2 aromatic rings. The molecule has 4 heteroatoms. The first-order valence-corrected chi connectivity index (χ1v) is 7.68. The molecule has 2 rings (SSSR count). The summed E-state index contributed by atoms with van der Waals surface area (Å²) in [6.07, 6.45) is 0. The molecule has 0 saturated carbocycles. The molecule has 1 unspecified atom stereocenters. The molecule has 0 aromatic heterocycles. The number of halogens is 3. The van der Waals surface area contributed by atoms with E-state index >= 15 is 0 Å². The van der Waals surface area contributed by atoms with Crippen LogP contribution in [-0.4, -0.2) is 6.54 Å². The van der Waals surface area contributed by atoms with Crippen molar-refractivity contribution in [2.24, 2.45) is 0 Å². The van der Waals surface area contributed by atoms with E-state index in [0.29, 0.717) is 17.7 Å². The Kier molecular flexibility index (Phi) is 5.12. The summed E-state index contributed by atoms with van der Waals surface area (Å²) in [6.45, 7) is 6.29. The van der Waals surface area contributed by atoms with Crippen LogP contribution >= 0.6 is 15.9 Å². The van der Waals surface area contributed by atoms with Crippen molar-refractivity contribution in [1.82, 2.24) is 5.32 Å². The van der Waals surface area contributed by atoms with Gasteiger partial charge in [-0.3, -0.25) is 0 Å². The minimum Gasteiger partial charge on any atom is -0.306 e. The van der Waals surface area contributed by atoms with Gasteiger partial charge in [-0.25, -0.2) is 8.78 Å². The highest BCUT2D eigenvalue weighted by Crippen LogP contribution is 2.29. The third-order valence-corrected chi connectivity index (χ3v) is 4.38. The van der Waals surface area contributed by atoms with Gasteiger partial charge >= 0.3 is 0 Å². The summed E-state index contributed by atoms with van der Waals surface area (Å²) in [7, 11) is 0. The Morgan fingerprint density at radius 1 is 1.05 bits per heavy atom. The van der Waals surface area contributed by atoms with E-state index in [0.717, 1.165) is 21.7 Å². The maximum Gasteiger partial charge on any atom is 0.131 e. The van der Waals surface area contributed by atoms with Gasteiger partial charge in [0.15, 0.2) is 0 Å². The number of benzene rings is 2. The molecule has 1 atom stereocenters. The zero-order chi connectivity index (χ0) is 15.6. The Labute approximate surface area is 132 Å². The number of nitrogens with one attached hydrogen (secondary N) is 1. The van der Waals surface area contributed by atoms with Crippen molar-refractivity contribution in [1.29, 1.82) is 0 Å². The van der Waals surface area contributed by atoms with Gasteiger partial charge in [-0.2, -0.15) is 0 Å². The second-order valence-corrected chi connectivity index (χ2v) is 5.98. The largest absolute Gasteiger partial charge is 0.306 e. The topological polar surface area (TPSA) is 12.0 Å². The molecule has 0 amide bonds. The van der Waals surface area contributed by atoms with Crippen LogP contribution in [0.3, 0.4) is 0 Å². The minimum atomic E-state index is -0.527. The highest BCUT2D eigenvalue weighted by Gasteiger charge is 2.19. The molecule has 1 nitrogen and oxygen atoms in total. The smallest absolute Gasteiger partial charge is 0.131 e. The van der Waals surface area contributed by atoms with Crippen molar-refractivity contribution in [2.45, 2.75) is 26.8 Å². The molecule has 2 aromatic carbocycles. The molecule has 0 saturated heterocycles. The summed E-state index contributed by atoms with van der Waals surface area (Å²) in [5.74, 6) is -1.04. The molecule has 0 spiro atoms. The second-order valence-electron chi connectivity index (χ2n) is 5.12. The van der Waals surface area contributed by atoms with E-state index in [9.17, 15) is 8.78 Å². The standard InChI is InChI=1S/C17H18BrF2N/c1-4-21-17(12-6-5-10(2)14(18)8-12)13-7-11(3)15(19)9-16(13)20/h5-9,17,21H,4H2,1-3H3. The number of hydrogen-bond acceptors (Lipinski definition) is 1. The third kappa shape index (κ3) is 3.50. The monoisotopic (exact) mass is 353 g/mol. The van der Waals surface area contributed by atoms with E-state index in [-0.39, 0.29) is 6.04 Å². The molecule has 0 bridgehead atoms. The fourth-order valence-corrected chi connectivity index (χ4v) is 2.70. The van der Waals surface area contributed by atoms with Crippen LogP contribution in [0.1, 0.15) is 35.2 Å². The van der Waals surface area contributed by atoms with Gasteiger partial charge < -0.3 is 5.32 Å². The summed E-state index contributed by atoms with van der Waals surface area (Å²) >= 11 is 3.50. The first-order valence-electron chi connectivity index (χ1n) is 6.89. The lowest BCUT2D eigenvalue weighted by Gasteiger charge is -2.21. The van der Waals surface area contributed by atoms with Gasteiger partial charge in [0, 0.05) is 16.1 Å².